The first-order valence-electron chi connectivity index (χ1n) is 3.56. The Kier molecular flexibility index (Phi) is 3.13. The highest BCUT2D eigenvalue weighted by atomic mass is 19.1. The highest BCUT2D eigenvalue weighted by molar-refractivity contribution is 5.64. The molecule has 1 rings (SSSR count). The summed E-state index contributed by atoms with van der Waals surface area (Å²) in [6.45, 7) is -0.689. The van der Waals surface area contributed by atoms with Gasteiger partial charge in [-0.2, -0.15) is 0 Å². The fraction of sp³-hybridized carbons (Fsp3) is 0.286. The minimum Gasteiger partial charge on any atom is -0.465 e. The Bertz CT molecular complexity index is 306. The van der Waals surface area contributed by atoms with Crippen molar-refractivity contribution in [3.05, 3.63) is 23.8 Å². The van der Waals surface area contributed by atoms with Gasteiger partial charge in [0.1, 0.15) is 6.67 Å². The normalized spacial score (nSPS) is 9.62. The van der Waals surface area contributed by atoms with Crippen molar-refractivity contribution in [1.29, 1.82) is 0 Å². The Labute approximate surface area is 73.6 Å². The molecule has 0 fully saturated rings. The van der Waals surface area contributed by atoms with E-state index in [1.807, 2.05) is 0 Å². The molecule has 13 heavy (non-hydrogen) atoms. The zero-order chi connectivity index (χ0) is 9.68. The first-order valence-corrected chi connectivity index (χ1v) is 3.56. The van der Waals surface area contributed by atoms with Gasteiger partial charge >= 0.3 is 6.09 Å². The number of hydrogen-bond acceptors (Lipinski definition) is 3. The Morgan fingerprint density at radius 1 is 1.69 bits per heavy atom. The van der Waals surface area contributed by atoms with Gasteiger partial charge in [-0.15, -0.1) is 0 Å². The Balaban J connectivity index is 2.61. The van der Waals surface area contributed by atoms with Crippen molar-refractivity contribution >= 4 is 6.09 Å². The zero-order valence-corrected chi connectivity index (χ0v) is 6.70. The number of aromatic nitrogens is 2. The van der Waals surface area contributed by atoms with Crippen LogP contribution in [0.3, 0.4) is 0 Å². The maximum atomic E-state index is 12.0. The van der Waals surface area contributed by atoms with Crippen molar-refractivity contribution in [1.82, 2.24) is 15.3 Å². The lowest BCUT2D eigenvalue weighted by Crippen LogP contribution is -2.20. The first-order chi connectivity index (χ1) is 6.22. The molecule has 0 aliphatic heterocycles. The monoisotopic (exact) mass is 185 g/mol. The molecule has 0 unspecified atom stereocenters. The van der Waals surface area contributed by atoms with Crippen LogP contribution in [0.5, 0.6) is 0 Å². The SMILES string of the molecule is O=C(O)NCc1ccnc(CF)n1. The highest BCUT2D eigenvalue weighted by Gasteiger charge is 2.00. The second kappa shape index (κ2) is 4.34. The average molecular weight is 185 g/mol. The summed E-state index contributed by atoms with van der Waals surface area (Å²) in [5.41, 5.74) is 0.449. The van der Waals surface area contributed by atoms with Gasteiger partial charge in [0.2, 0.25) is 0 Å². The molecule has 0 saturated heterocycles. The topological polar surface area (TPSA) is 75.1 Å². The highest BCUT2D eigenvalue weighted by Crippen LogP contribution is 1.96. The van der Waals surface area contributed by atoms with E-state index in [2.05, 4.69) is 15.3 Å². The molecule has 2 N–H and O–H groups in total. The molecular weight excluding hydrogens is 177 g/mol. The molecule has 5 nitrogen and oxygen atoms in total. The Morgan fingerprint density at radius 2 is 2.46 bits per heavy atom. The summed E-state index contributed by atoms with van der Waals surface area (Å²) in [5, 5.41) is 10.4. The van der Waals surface area contributed by atoms with E-state index in [9.17, 15) is 9.18 Å². The fourth-order valence-corrected chi connectivity index (χ4v) is 0.770. The fourth-order valence-electron chi connectivity index (χ4n) is 0.770. The van der Waals surface area contributed by atoms with Gasteiger partial charge in [-0.1, -0.05) is 0 Å². The van der Waals surface area contributed by atoms with Crippen LogP contribution in [0.4, 0.5) is 9.18 Å². The zero-order valence-electron chi connectivity index (χ0n) is 6.70. The summed E-state index contributed by atoms with van der Waals surface area (Å²) in [5.74, 6) is 0.0599. The number of nitrogens with one attached hydrogen (secondary N) is 1. The molecule has 0 atom stereocenters. The molecule has 1 aromatic rings. The van der Waals surface area contributed by atoms with Gasteiger partial charge in [0.15, 0.2) is 5.82 Å². The second-order valence-corrected chi connectivity index (χ2v) is 2.26. The predicted molar refractivity (Wildman–Crippen MR) is 41.7 cm³/mol. The lowest BCUT2D eigenvalue weighted by molar-refractivity contribution is 0.194. The predicted octanol–water partition coefficient (Wildman–Crippen LogP) is 0.714. The van der Waals surface area contributed by atoms with Gasteiger partial charge in [-0.25, -0.2) is 19.2 Å². The van der Waals surface area contributed by atoms with Gasteiger partial charge < -0.3 is 10.4 Å². The molecule has 1 heterocycles. The summed E-state index contributed by atoms with van der Waals surface area (Å²) < 4.78 is 12.0. The van der Waals surface area contributed by atoms with Gasteiger partial charge in [-0.3, -0.25) is 0 Å². The lowest BCUT2D eigenvalue weighted by Gasteiger charge is -2.00. The molecule has 0 radical (unpaired) electrons. The van der Waals surface area contributed by atoms with Crippen LogP contribution in [-0.2, 0) is 13.2 Å². The van der Waals surface area contributed by atoms with Crippen molar-refractivity contribution in [3.8, 4) is 0 Å². The maximum absolute atomic E-state index is 12.0. The van der Waals surface area contributed by atoms with Crippen molar-refractivity contribution < 1.29 is 14.3 Å². The van der Waals surface area contributed by atoms with Crippen LogP contribution in [0.25, 0.3) is 0 Å². The number of carbonyl (C=O) groups is 1. The van der Waals surface area contributed by atoms with E-state index in [4.69, 9.17) is 5.11 Å². The van der Waals surface area contributed by atoms with Crippen molar-refractivity contribution in [3.63, 3.8) is 0 Å². The molecule has 1 aromatic heterocycles. The number of carboxylic acid groups (broad SMARTS) is 1. The molecule has 6 heteroatoms. The van der Waals surface area contributed by atoms with Gasteiger partial charge in [0.05, 0.1) is 12.2 Å². The first kappa shape index (κ1) is 9.37. The number of amides is 1. The summed E-state index contributed by atoms with van der Waals surface area (Å²) in [7, 11) is 0. The standard InChI is InChI=1S/C7H8FN3O2/c8-3-6-9-2-1-5(11-6)4-10-7(12)13/h1-2,10H,3-4H2,(H,12,13). The minimum absolute atomic E-state index is 0.0599. The van der Waals surface area contributed by atoms with Crippen molar-refractivity contribution in [2.45, 2.75) is 13.2 Å². The lowest BCUT2D eigenvalue weighted by atomic mass is 10.4. The van der Waals surface area contributed by atoms with E-state index in [1.165, 1.54) is 12.3 Å². The number of alkyl halides is 1. The molecule has 0 aromatic carbocycles. The van der Waals surface area contributed by atoms with Crippen molar-refractivity contribution in [2.75, 3.05) is 0 Å². The van der Waals surface area contributed by atoms with Gasteiger partial charge in [0, 0.05) is 6.20 Å². The quantitative estimate of drug-likeness (QED) is 0.727. The average Bonchev–Trinajstić information content (AvgIpc) is 2.15. The van der Waals surface area contributed by atoms with Crippen LogP contribution in [-0.4, -0.2) is 21.2 Å². The van der Waals surface area contributed by atoms with E-state index in [-0.39, 0.29) is 12.4 Å². The molecule has 0 spiro atoms. The van der Waals surface area contributed by atoms with E-state index >= 15 is 0 Å². The van der Waals surface area contributed by atoms with Crippen LogP contribution < -0.4 is 5.32 Å². The third-order valence-corrected chi connectivity index (χ3v) is 1.30. The summed E-state index contributed by atoms with van der Waals surface area (Å²) >= 11 is 0. The molecule has 1 amide bonds. The summed E-state index contributed by atoms with van der Waals surface area (Å²) in [6.07, 6.45) is 0.251. The van der Waals surface area contributed by atoms with Crippen LogP contribution in [0.15, 0.2) is 12.3 Å². The van der Waals surface area contributed by atoms with Crippen LogP contribution in [0.1, 0.15) is 11.5 Å². The van der Waals surface area contributed by atoms with Crippen LogP contribution in [0, 0.1) is 0 Å². The molecule has 0 aliphatic rings. The van der Waals surface area contributed by atoms with E-state index in [0.29, 0.717) is 5.69 Å². The summed E-state index contributed by atoms with van der Waals surface area (Å²) in [4.78, 5) is 17.5. The van der Waals surface area contributed by atoms with Gasteiger partial charge in [-0.05, 0) is 6.07 Å². The number of hydrogen-bond donors (Lipinski definition) is 2. The molecule has 0 saturated carbocycles. The van der Waals surface area contributed by atoms with Crippen molar-refractivity contribution in [2.24, 2.45) is 0 Å². The Hall–Kier alpha value is -1.72. The second-order valence-electron chi connectivity index (χ2n) is 2.26. The van der Waals surface area contributed by atoms with E-state index < -0.39 is 12.8 Å². The molecule has 0 aliphatic carbocycles. The van der Waals surface area contributed by atoms with E-state index in [1.54, 1.807) is 0 Å². The molecule has 70 valence electrons. The Morgan fingerprint density at radius 3 is 3.08 bits per heavy atom. The maximum Gasteiger partial charge on any atom is 0.404 e. The molecular formula is C7H8FN3O2. The largest absolute Gasteiger partial charge is 0.465 e. The van der Waals surface area contributed by atoms with E-state index in [0.717, 1.165) is 0 Å². The van der Waals surface area contributed by atoms with Gasteiger partial charge in [0.25, 0.3) is 0 Å². The smallest absolute Gasteiger partial charge is 0.404 e. The number of nitrogens with zero attached hydrogens (tertiary/aromatic N) is 2. The third-order valence-electron chi connectivity index (χ3n) is 1.30. The molecule has 0 bridgehead atoms. The number of halogens is 1. The van der Waals surface area contributed by atoms with Crippen LogP contribution in [0.2, 0.25) is 0 Å². The summed E-state index contributed by atoms with van der Waals surface area (Å²) in [6, 6.07) is 1.52. The third kappa shape index (κ3) is 3.02. The minimum atomic E-state index is -1.14. The van der Waals surface area contributed by atoms with Crippen LogP contribution >= 0.6 is 0 Å². The number of rotatable bonds is 3.